The fraction of sp³-hybridized carbons (Fsp3) is 0.429. The molecule has 0 atom stereocenters. The summed E-state index contributed by atoms with van der Waals surface area (Å²) in [5, 5.41) is 3.14. The van der Waals surface area contributed by atoms with Gasteiger partial charge in [-0.05, 0) is 6.42 Å². The molecule has 0 bridgehead atoms. The second-order valence-corrected chi connectivity index (χ2v) is 4.98. The first-order chi connectivity index (χ1) is 10.3. The summed E-state index contributed by atoms with van der Waals surface area (Å²) in [6, 6.07) is 0. The number of imidazole rings is 1. The monoisotopic (exact) mass is 286 g/mol. The van der Waals surface area contributed by atoms with E-state index in [1.165, 1.54) is 6.20 Å². The minimum atomic E-state index is -0.0983. The van der Waals surface area contributed by atoms with Crippen LogP contribution in [0.1, 0.15) is 29.7 Å². The molecule has 0 aromatic carbocycles. The number of hydrogen-bond donors (Lipinski definition) is 1. The zero-order valence-corrected chi connectivity index (χ0v) is 12.0. The molecule has 3 rings (SSSR count). The fourth-order valence-corrected chi connectivity index (χ4v) is 2.29. The SMILES string of the molecule is CCCNc1cnc(C(=O)N2CCn3ccnc3C2)cn1. The summed E-state index contributed by atoms with van der Waals surface area (Å²) in [6.07, 6.45) is 7.85. The highest BCUT2D eigenvalue weighted by Crippen LogP contribution is 2.13. The number of anilines is 1. The lowest BCUT2D eigenvalue weighted by atomic mass is 10.3. The summed E-state index contributed by atoms with van der Waals surface area (Å²) >= 11 is 0. The van der Waals surface area contributed by atoms with E-state index in [4.69, 9.17) is 0 Å². The normalized spacial score (nSPS) is 13.9. The molecular weight excluding hydrogens is 268 g/mol. The molecule has 7 heteroatoms. The summed E-state index contributed by atoms with van der Waals surface area (Å²) in [6.45, 7) is 4.88. The van der Waals surface area contributed by atoms with Gasteiger partial charge in [0.2, 0.25) is 0 Å². The zero-order chi connectivity index (χ0) is 14.7. The Morgan fingerprint density at radius 2 is 2.19 bits per heavy atom. The van der Waals surface area contributed by atoms with Gasteiger partial charge < -0.3 is 14.8 Å². The van der Waals surface area contributed by atoms with Crippen LogP contribution in [0, 0.1) is 0 Å². The quantitative estimate of drug-likeness (QED) is 0.912. The molecule has 2 aromatic heterocycles. The van der Waals surface area contributed by atoms with Crippen LogP contribution >= 0.6 is 0 Å². The van der Waals surface area contributed by atoms with Gasteiger partial charge >= 0.3 is 0 Å². The van der Waals surface area contributed by atoms with Gasteiger partial charge in [0.15, 0.2) is 0 Å². The first-order valence-corrected chi connectivity index (χ1v) is 7.13. The highest BCUT2D eigenvalue weighted by molar-refractivity contribution is 5.92. The minimum absolute atomic E-state index is 0.0983. The van der Waals surface area contributed by atoms with Crippen molar-refractivity contribution in [1.82, 2.24) is 24.4 Å². The maximum absolute atomic E-state index is 12.4. The molecule has 7 nitrogen and oxygen atoms in total. The van der Waals surface area contributed by atoms with E-state index in [1.807, 2.05) is 6.20 Å². The van der Waals surface area contributed by atoms with E-state index < -0.39 is 0 Å². The van der Waals surface area contributed by atoms with Crippen LogP contribution in [-0.4, -0.2) is 43.4 Å². The number of rotatable bonds is 4. The van der Waals surface area contributed by atoms with Crippen molar-refractivity contribution in [2.45, 2.75) is 26.4 Å². The second-order valence-electron chi connectivity index (χ2n) is 4.98. The van der Waals surface area contributed by atoms with Crippen molar-refractivity contribution in [3.05, 3.63) is 36.3 Å². The maximum atomic E-state index is 12.4. The molecule has 0 fully saturated rings. The number of nitrogens with zero attached hydrogens (tertiary/aromatic N) is 5. The number of nitrogens with one attached hydrogen (secondary N) is 1. The Bertz CT molecular complexity index is 621. The van der Waals surface area contributed by atoms with E-state index in [0.29, 0.717) is 24.6 Å². The summed E-state index contributed by atoms with van der Waals surface area (Å²) in [5.41, 5.74) is 0.372. The van der Waals surface area contributed by atoms with Crippen molar-refractivity contribution in [1.29, 1.82) is 0 Å². The Balaban J connectivity index is 1.68. The van der Waals surface area contributed by atoms with Gasteiger partial charge in [0.05, 0.1) is 18.9 Å². The number of amides is 1. The van der Waals surface area contributed by atoms with E-state index in [-0.39, 0.29) is 5.91 Å². The van der Waals surface area contributed by atoms with Crippen LogP contribution < -0.4 is 5.32 Å². The van der Waals surface area contributed by atoms with Gasteiger partial charge in [-0.3, -0.25) is 4.79 Å². The summed E-state index contributed by atoms with van der Waals surface area (Å²) < 4.78 is 2.06. The van der Waals surface area contributed by atoms with E-state index >= 15 is 0 Å². The van der Waals surface area contributed by atoms with Gasteiger partial charge in [0.1, 0.15) is 17.3 Å². The molecular formula is C14H18N6O. The van der Waals surface area contributed by atoms with E-state index in [1.54, 1.807) is 17.3 Å². The molecule has 0 radical (unpaired) electrons. The van der Waals surface area contributed by atoms with Gasteiger partial charge in [-0.15, -0.1) is 0 Å². The topological polar surface area (TPSA) is 75.9 Å². The molecule has 0 spiro atoms. The van der Waals surface area contributed by atoms with Crippen LogP contribution in [0.15, 0.2) is 24.8 Å². The van der Waals surface area contributed by atoms with E-state index in [0.717, 1.165) is 25.3 Å². The van der Waals surface area contributed by atoms with Gasteiger partial charge in [0.25, 0.3) is 5.91 Å². The molecule has 1 amide bonds. The number of aromatic nitrogens is 4. The summed E-state index contributed by atoms with van der Waals surface area (Å²) in [7, 11) is 0. The van der Waals surface area contributed by atoms with Crippen LogP contribution in [-0.2, 0) is 13.1 Å². The van der Waals surface area contributed by atoms with Crippen molar-refractivity contribution in [3.8, 4) is 0 Å². The lowest BCUT2D eigenvalue weighted by Crippen LogP contribution is -2.38. The van der Waals surface area contributed by atoms with Crippen LogP contribution in [0.4, 0.5) is 5.82 Å². The summed E-state index contributed by atoms with van der Waals surface area (Å²) in [4.78, 5) is 26.9. The molecule has 1 N–H and O–H groups in total. The van der Waals surface area contributed by atoms with Crippen molar-refractivity contribution in [3.63, 3.8) is 0 Å². The average molecular weight is 286 g/mol. The number of carbonyl (C=O) groups excluding carboxylic acids is 1. The molecule has 3 heterocycles. The lowest BCUT2D eigenvalue weighted by Gasteiger charge is -2.27. The van der Waals surface area contributed by atoms with Crippen LogP contribution in [0.3, 0.4) is 0 Å². The minimum Gasteiger partial charge on any atom is -0.369 e. The Kier molecular flexibility index (Phi) is 3.81. The standard InChI is InChI=1S/C14H18N6O/c1-2-3-15-12-9-17-11(8-18-12)14(21)20-7-6-19-5-4-16-13(19)10-20/h4-5,8-9H,2-3,6-7,10H2,1H3,(H,15,18). The smallest absolute Gasteiger partial charge is 0.274 e. The zero-order valence-electron chi connectivity index (χ0n) is 12.0. The van der Waals surface area contributed by atoms with Crippen molar-refractivity contribution < 1.29 is 4.79 Å². The van der Waals surface area contributed by atoms with Crippen LogP contribution in [0.2, 0.25) is 0 Å². The highest BCUT2D eigenvalue weighted by Gasteiger charge is 2.23. The third-order valence-electron chi connectivity index (χ3n) is 3.46. The number of carbonyl (C=O) groups is 1. The molecule has 0 unspecified atom stereocenters. The maximum Gasteiger partial charge on any atom is 0.274 e. The van der Waals surface area contributed by atoms with Gasteiger partial charge in [0, 0.05) is 32.0 Å². The lowest BCUT2D eigenvalue weighted by molar-refractivity contribution is 0.0701. The Morgan fingerprint density at radius 3 is 2.95 bits per heavy atom. The first kappa shape index (κ1) is 13.5. The van der Waals surface area contributed by atoms with Gasteiger partial charge in [-0.25, -0.2) is 15.0 Å². The molecule has 0 aliphatic carbocycles. The van der Waals surface area contributed by atoms with Crippen molar-refractivity contribution >= 4 is 11.7 Å². The van der Waals surface area contributed by atoms with Gasteiger partial charge in [-0.2, -0.15) is 0 Å². The molecule has 0 saturated heterocycles. The van der Waals surface area contributed by atoms with Gasteiger partial charge in [-0.1, -0.05) is 6.92 Å². The second kappa shape index (κ2) is 5.90. The highest BCUT2D eigenvalue weighted by atomic mass is 16.2. The molecule has 110 valence electrons. The van der Waals surface area contributed by atoms with Crippen LogP contribution in [0.25, 0.3) is 0 Å². The molecule has 21 heavy (non-hydrogen) atoms. The Morgan fingerprint density at radius 1 is 1.29 bits per heavy atom. The van der Waals surface area contributed by atoms with E-state index in [9.17, 15) is 4.79 Å². The molecule has 1 aliphatic heterocycles. The summed E-state index contributed by atoms with van der Waals surface area (Å²) in [5.74, 6) is 1.50. The Hall–Kier alpha value is -2.44. The van der Waals surface area contributed by atoms with Crippen LogP contribution in [0.5, 0.6) is 0 Å². The van der Waals surface area contributed by atoms with Crippen molar-refractivity contribution in [2.24, 2.45) is 0 Å². The fourth-order valence-electron chi connectivity index (χ4n) is 2.29. The van der Waals surface area contributed by atoms with Crippen molar-refractivity contribution in [2.75, 3.05) is 18.4 Å². The predicted molar refractivity (Wildman–Crippen MR) is 77.8 cm³/mol. The Labute approximate surface area is 123 Å². The molecule has 2 aromatic rings. The molecule has 0 saturated carbocycles. The first-order valence-electron chi connectivity index (χ1n) is 7.13. The number of fused-ring (bicyclic) bond motifs is 1. The third kappa shape index (κ3) is 2.86. The number of hydrogen-bond acceptors (Lipinski definition) is 5. The predicted octanol–water partition coefficient (Wildman–Crippen LogP) is 1.15. The third-order valence-corrected chi connectivity index (χ3v) is 3.46. The molecule has 1 aliphatic rings. The largest absolute Gasteiger partial charge is 0.369 e. The average Bonchev–Trinajstić information content (AvgIpc) is 3.00. The van der Waals surface area contributed by atoms with E-state index in [2.05, 4.69) is 31.8 Å².